The van der Waals surface area contributed by atoms with Crippen LogP contribution in [0.3, 0.4) is 0 Å². The number of aryl methyl sites for hydroxylation is 2. The highest BCUT2D eigenvalue weighted by Gasteiger charge is 2.24. The zero-order valence-corrected chi connectivity index (χ0v) is 16.9. The summed E-state index contributed by atoms with van der Waals surface area (Å²) in [6, 6.07) is -0.0853. The number of rotatable bonds is 4. The minimum atomic E-state index is -0.0853. The minimum Gasteiger partial charge on any atom is -0.338 e. The van der Waals surface area contributed by atoms with Gasteiger partial charge in [-0.2, -0.15) is 0 Å². The zero-order valence-electron chi connectivity index (χ0n) is 16.1. The number of piperazine rings is 1. The first-order valence-electron chi connectivity index (χ1n) is 8.83. The predicted molar refractivity (Wildman–Crippen MR) is 104 cm³/mol. The number of nitrogens with zero attached hydrogens (tertiary/aromatic N) is 6. The second-order valence-electron chi connectivity index (χ2n) is 6.88. The SMILES string of the molecule is Cc1csc(C(C)N(C)C(=O)c2cnc(N3CCN(C)CC3)nc2C)n1. The Morgan fingerprint density at radius 3 is 2.50 bits per heavy atom. The van der Waals surface area contributed by atoms with Crippen LogP contribution in [-0.4, -0.2) is 70.9 Å². The fourth-order valence-electron chi connectivity index (χ4n) is 2.92. The van der Waals surface area contributed by atoms with E-state index in [1.165, 1.54) is 0 Å². The molecule has 0 N–H and O–H groups in total. The third kappa shape index (κ3) is 3.86. The summed E-state index contributed by atoms with van der Waals surface area (Å²) in [4.78, 5) is 32.6. The lowest BCUT2D eigenvalue weighted by Gasteiger charge is -2.32. The number of anilines is 1. The first kappa shape index (κ1) is 18.7. The van der Waals surface area contributed by atoms with Crippen LogP contribution in [0.2, 0.25) is 0 Å². The van der Waals surface area contributed by atoms with Crippen LogP contribution in [-0.2, 0) is 0 Å². The van der Waals surface area contributed by atoms with Crippen molar-refractivity contribution in [1.29, 1.82) is 0 Å². The van der Waals surface area contributed by atoms with Gasteiger partial charge in [-0.25, -0.2) is 15.0 Å². The molecule has 1 aliphatic rings. The molecule has 1 fully saturated rings. The molecule has 1 unspecified atom stereocenters. The molecule has 2 aromatic heterocycles. The van der Waals surface area contributed by atoms with E-state index in [-0.39, 0.29) is 11.9 Å². The van der Waals surface area contributed by atoms with Gasteiger partial charge in [0.15, 0.2) is 0 Å². The van der Waals surface area contributed by atoms with E-state index in [9.17, 15) is 4.79 Å². The molecule has 3 heterocycles. The lowest BCUT2D eigenvalue weighted by atomic mass is 10.2. The summed E-state index contributed by atoms with van der Waals surface area (Å²) in [7, 11) is 3.92. The normalized spacial score (nSPS) is 16.6. The van der Waals surface area contributed by atoms with Crippen molar-refractivity contribution in [2.45, 2.75) is 26.8 Å². The van der Waals surface area contributed by atoms with Gasteiger partial charge >= 0.3 is 0 Å². The summed E-state index contributed by atoms with van der Waals surface area (Å²) in [5, 5.41) is 2.94. The van der Waals surface area contributed by atoms with E-state index in [4.69, 9.17) is 0 Å². The van der Waals surface area contributed by atoms with Crippen molar-refractivity contribution >= 4 is 23.2 Å². The van der Waals surface area contributed by atoms with Crippen molar-refractivity contribution in [3.63, 3.8) is 0 Å². The van der Waals surface area contributed by atoms with Crippen LogP contribution in [0.25, 0.3) is 0 Å². The molecule has 140 valence electrons. The zero-order chi connectivity index (χ0) is 18.8. The van der Waals surface area contributed by atoms with Gasteiger partial charge in [-0.05, 0) is 27.8 Å². The first-order valence-corrected chi connectivity index (χ1v) is 9.71. The highest BCUT2D eigenvalue weighted by atomic mass is 32.1. The quantitative estimate of drug-likeness (QED) is 0.817. The number of likely N-dealkylation sites (N-methyl/N-ethyl adjacent to an activating group) is 1. The van der Waals surface area contributed by atoms with E-state index in [1.54, 1.807) is 29.5 Å². The number of carbonyl (C=O) groups is 1. The third-order valence-electron chi connectivity index (χ3n) is 4.88. The number of hydrogen-bond acceptors (Lipinski definition) is 7. The Labute approximate surface area is 158 Å². The predicted octanol–water partition coefficient (Wildman–Crippen LogP) is 2.13. The van der Waals surface area contributed by atoms with Gasteiger partial charge in [-0.15, -0.1) is 11.3 Å². The number of hydrogen-bond donors (Lipinski definition) is 0. The molecular weight excluding hydrogens is 348 g/mol. The van der Waals surface area contributed by atoms with Gasteiger partial charge in [0.2, 0.25) is 5.95 Å². The molecule has 0 aliphatic carbocycles. The van der Waals surface area contributed by atoms with E-state index in [2.05, 4.69) is 31.8 Å². The lowest BCUT2D eigenvalue weighted by Crippen LogP contribution is -2.45. The van der Waals surface area contributed by atoms with Crippen LogP contribution in [0.1, 0.15) is 39.7 Å². The highest BCUT2D eigenvalue weighted by Crippen LogP contribution is 2.24. The molecule has 7 nitrogen and oxygen atoms in total. The number of amides is 1. The summed E-state index contributed by atoms with van der Waals surface area (Å²) >= 11 is 1.58. The molecule has 0 spiro atoms. The third-order valence-corrected chi connectivity index (χ3v) is 6.01. The molecule has 0 radical (unpaired) electrons. The molecule has 1 atom stereocenters. The molecule has 8 heteroatoms. The average Bonchev–Trinajstić information content (AvgIpc) is 3.07. The van der Waals surface area contributed by atoms with Crippen LogP contribution in [0.15, 0.2) is 11.6 Å². The van der Waals surface area contributed by atoms with E-state index in [0.717, 1.165) is 36.9 Å². The van der Waals surface area contributed by atoms with Gasteiger partial charge in [-0.3, -0.25) is 4.79 Å². The first-order chi connectivity index (χ1) is 12.4. The van der Waals surface area contributed by atoms with Gasteiger partial charge in [0, 0.05) is 50.5 Å². The smallest absolute Gasteiger partial charge is 0.257 e. The van der Waals surface area contributed by atoms with Gasteiger partial charge < -0.3 is 14.7 Å². The van der Waals surface area contributed by atoms with Gasteiger partial charge in [-0.1, -0.05) is 0 Å². The molecule has 2 aromatic rings. The Morgan fingerprint density at radius 1 is 1.23 bits per heavy atom. The summed E-state index contributed by atoms with van der Waals surface area (Å²) in [5.74, 6) is 0.631. The molecule has 1 aliphatic heterocycles. The van der Waals surface area contributed by atoms with Crippen molar-refractivity contribution in [3.8, 4) is 0 Å². The Kier molecular flexibility index (Phi) is 5.52. The summed E-state index contributed by atoms with van der Waals surface area (Å²) < 4.78 is 0. The van der Waals surface area contributed by atoms with E-state index in [0.29, 0.717) is 17.2 Å². The molecule has 0 saturated carbocycles. The highest BCUT2D eigenvalue weighted by molar-refractivity contribution is 7.09. The van der Waals surface area contributed by atoms with Crippen LogP contribution in [0.5, 0.6) is 0 Å². The maximum atomic E-state index is 12.9. The summed E-state index contributed by atoms with van der Waals surface area (Å²) in [6.45, 7) is 9.63. The van der Waals surface area contributed by atoms with Gasteiger partial charge in [0.1, 0.15) is 5.01 Å². The monoisotopic (exact) mass is 374 g/mol. The van der Waals surface area contributed by atoms with Crippen molar-refractivity contribution in [3.05, 3.63) is 33.5 Å². The average molecular weight is 375 g/mol. The summed E-state index contributed by atoms with van der Waals surface area (Å²) in [6.07, 6.45) is 1.66. The Bertz CT molecular complexity index is 784. The molecule has 0 aromatic carbocycles. The van der Waals surface area contributed by atoms with Crippen molar-refractivity contribution in [2.75, 3.05) is 45.2 Å². The standard InChI is InChI=1S/C18H26N6OS/c1-12-11-26-16(20-12)14(3)23(5)17(25)15-10-19-18(21-13(15)2)24-8-6-22(4)7-9-24/h10-11,14H,6-9H2,1-5H3. The molecule has 1 saturated heterocycles. The molecule has 3 rings (SSSR count). The Balaban J connectivity index is 1.75. The Hall–Kier alpha value is -2.06. The topological polar surface area (TPSA) is 65.5 Å². The van der Waals surface area contributed by atoms with Crippen LogP contribution >= 0.6 is 11.3 Å². The van der Waals surface area contributed by atoms with Crippen molar-refractivity contribution in [1.82, 2.24) is 24.8 Å². The second-order valence-corrected chi connectivity index (χ2v) is 7.77. The fraction of sp³-hybridized carbons (Fsp3) is 0.556. The minimum absolute atomic E-state index is 0.0761. The van der Waals surface area contributed by atoms with Gasteiger partial charge in [0.05, 0.1) is 17.3 Å². The van der Waals surface area contributed by atoms with Crippen molar-refractivity contribution in [2.24, 2.45) is 0 Å². The number of thiazole rings is 1. The van der Waals surface area contributed by atoms with E-state index in [1.807, 2.05) is 26.2 Å². The summed E-state index contributed by atoms with van der Waals surface area (Å²) in [5.41, 5.74) is 2.24. The lowest BCUT2D eigenvalue weighted by molar-refractivity contribution is 0.0740. The maximum Gasteiger partial charge on any atom is 0.257 e. The fourth-order valence-corrected chi connectivity index (χ4v) is 3.81. The largest absolute Gasteiger partial charge is 0.338 e. The van der Waals surface area contributed by atoms with E-state index < -0.39 is 0 Å². The van der Waals surface area contributed by atoms with E-state index >= 15 is 0 Å². The van der Waals surface area contributed by atoms with Crippen molar-refractivity contribution < 1.29 is 4.79 Å². The van der Waals surface area contributed by atoms with Crippen LogP contribution < -0.4 is 4.90 Å². The molecular formula is C18H26N6OS. The molecule has 0 bridgehead atoms. The maximum absolute atomic E-state index is 12.9. The second kappa shape index (κ2) is 7.67. The number of carbonyl (C=O) groups excluding carboxylic acids is 1. The van der Waals surface area contributed by atoms with Gasteiger partial charge in [0.25, 0.3) is 5.91 Å². The van der Waals surface area contributed by atoms with Crippen LogP contribution in [0.4, 0.5) is 5.95 Å². The molecule has 26 heavy (non-hydrogen) atoms. The molecule has 1 amide bonds. The van der Waals surface area contributed by atoms with Crippen LogP contribution in [0, 0.1) is 13.8 Å². The Morgan fingerprint density at radius 2 is 1.92 bits per heavy atom. The number of aromatic nitrogens is 3.